The van der Waals surface area contributed by atoms with Crippen LogP contribution in [0.2, 0.25) is 0 Å². The molecule has 116 valence electrons. The van der Waals surface area contributed by atoms with E-state index in [0.29, 0.717) is 36.6 Å². The maximum Gasteiger partial charge on any atom is 0.224 e. The molecule has 0 aromatic heterocycles. The molecule has 0 atom stereocenters. The van der Waals surface area contributed by atoms with E-state index in [2.05, 4.69) is 5.32 Å². The molecule has 5 heteroatoms. The van der Waals surface area contributed by atoms with Gasteiger partial charge in [-0.05, 0) is 42.8 Å². The Bertz CT molecular complexity index is 614. The third-order valence-electron chi connectivity index (χ3n) is 3.00. The van der Waals surface area contributed by atoms with Crippen LogP contribution in [0, 0.1) is 5.82 Å². The van der Waals surface area contributed by atoms with Gasteiger partial charge in [0.15, 0.2) is 11.5 Å². The maximum atomic E-state index is 12.8. The van der Waals surface area contributed by atoms with Crippen molar-refractivity contribution in [1.29, 1.82) is 0 Å². The first-order chi connectivity index (χ1) is 10.7. The van der Waals surface area contributed by atoms with E-state index < -0.39 is 0 Å². The van der Waals surface area contributed by atoms with Crippen LogP contribution in [0.1, 0.15) is 12.8 Å². The van der Waals surface area contributed by atoms with Crippen LogP contribution < -0.4 is 14.8 Å². The Hall–Kier alpha value is -2.56. The van der Waals surface area contributed by atoms with Gasteiger partial charge in [-0.25, -0.2) is 4.39 Å². The molecule has 1 amide bonds. The summed E-state index contributed by atoms with van der Waals surface area (Å²) in [7, 11) is 1.58. The van der Waals surface area contributed by atoms with Crippen molar-refractivity contribution in [2.45, 2.75) is 12.8 Å². The minimum atomic E-state index is -0.330. The predicted octanol–water partition coefficient (Wildman–Crippen LogP) is 3.63. The molecule has 1 N–H and O–H groups in total. The molecule has 22 heavy (non-hydrogen) atoms. The molecular formula is C17H18FNO3. The van der Waals surface area contributed by atoms with Gasteiger partial charge in [0.25, 0.3) is 0 Å². The molecular weight excluding hydrogens is 285 g/mol. The molecule has 2 aromatic rings. The van der Waals surface area contributed by atoms with E-state index in [9.17, 15) is 9.18 Å². The number of carbonyl (C=O) groups is 1. The summed E-state index contributed by atoms with van der Waals surface area (Å²) in [4.78, 5) is 11.7. The van der Waals surface area contributed by atoms with Gasteiger partial charge in [0.2, 0.25) is 5.91 Å². The average Bonchev–Trinajstić information content (AvgIpc) is 2.54. The van der Waals surface area contributed by atoms with Gasteiger partial charge in [-0.2, -0.15) is 0 Å². The molecule has 4 nitrogen and oxygen atoms in total. The Balaban J connectivity index is 1.72. The highest BCUT2D eigenvalue weighted by Gasteiger charge is 2.05. The van der Waals surface area contributed by atoms with Gasteiger partial charge >= 0.3 is 0 Å². The van der Waals surface area contributed by atoms with Crippen molar-refractivity contribution in [1.82, 2.24) is 0 Å². The molecule has 0 aliphatic rings. The van der Waals surface area contributed by atoms with Crippen LogP contribution >= 0.6 is 0 Å². The molecule has 0 fully saturated rings. The Morgan fingerprint density at radius 1 is 1.09 bits per heavy atom. The lowest BCUT2D eigenvalue weighted by Gasteiger charge is -2.10. The van der Waals surface area contributed by atoms with Crippen LogP contribution in [0.25, 0.3) is 0 Å². The summed E-state index contributed by atoms with van der Waals surface area (Å²) in [5.74, 6) is 0.862. The van der Waals surface area contributed by atoms with Crippen LogP contribution in [0.3, 0.4) is 0 Å². The third-order valence-corrected chi connectivity index (χ3v) is 3.00. The second kappa shape index (κ2) is 8.02. The molecule has 0 bridgehead atoms. The summed E-state index contributed by atoms with van der Waals surface area (Å²) in [6, 6.07) is 13.0. The predicted molar refractivity (Wildman–Crippen MR) is 82.8 cm³/mol. The van der Waals surface area contributed by atoms with Crippen LogP contribution in [0.4, 0.5) is 10.1 Å². The van der Waals surface area contributed by atoms with Crippen molar-refractivity contribution in [2.24, 2.45) is 0 Å². The lowest BCUT2D eigenvalue weighted by atomic mass is 10.2. The number of halogens is 1. The molecule has 0 saturated heterocycles. The maximum absolute atomic E-state index is 12.8. The molecule has 0 aliphatic carbocycles. The molecule has 0 radical (unpaired) electrons. The molecule has 0 unspecified atom stereocenters. The second-order valence-electron chi connectivity index (χ2n) is 4.66. The zero-order valence-electron chi connectivity index (χ0n) is 12.3. The second-order valence-corrected chi connectivity index (χ2v) is 4.66. The number of anilines is 1. The molecule has 0 saturated carbocycles. The summed E-state index contributed by atoms with van der Waals surface area (Å²) in [5.41, 5.74) is 0.581. The number of amides is 1. The van der Waals surface area contributed by atoms with E-state index >= 15 is 0 Å². The van der Waals surface area contributed by atoms with E-state index in [4.69, 9.17) is 9.47 Å². The van der Waals surface area contributed by atoms with E-state index in [1.54, 1.807) is 7.11 Å². The molecule has 0 aliphatic heterocycles. The van der Waals surface area contributed by atoms with Crippen LogP contribution in [0.5, 0.6) is 11.5 Å². The number of hydrogen-bond acceptors (Lipinski definition) is 3. The smallest absolute Gasteiger partial charge is 0.224 e. The number of nitrogens with one attached hydrogen (secondary N) is 1. The SMILES string of the molecule is COc1ccccc1OCCCC(=O)Nc1ccc(F)cc1. The number of ether oxygens (including phenoxy) is 2. The van der Waals surface area contributed by atoms with E-state index in [1.165, 1.54) is 24.3 Å². The van der Waals surface area contributed by atoms with Gasteiger partial charge < -0.3 is 14.8 Å². The standard InChI is InChI=1S/C17H18FNO3/c1-21-15-5-2-3-6-16(15)22-12-4-7-17(20)19-14-10-8-13(18)9-11-14/h2-3,5-6,8-11H,4,7,12H2,1H3,(H,19,20). The fourth-order valence-corrected chi connectivity index (χ4v) is 1.91. The van der Waals surface area contributed by atoms with Crippen molar-refractivity contribution >= 4 is 11.6 Å². The zero-order valence-corrected chi connectivity index (χ0v) is 12.3. The summed E-state index contributed by atoms with van der Waals surface area (Å²) in [6.45, 7) is 0.414. The van der Waals surface area contributed by atoms with Crippen LogP contribution in [0.15, 0.2) is 48.5 Å². The summed E-state index contributed by atoms with van der Waals surface area (Å²) < 4.78 is 23.5. The third kappa shape index (κ3) is 4.77. The Kier molecular flexibility index (Phi) is 5.77. The normalized spacial score (nSPS) is 10.1. The minimum Gasteiger partial charge on any atom is -0.493 e. The largest absolute Gasteiger partial charge is 0.493 e. The quantitative estimate of drug-likeness (QED) is 0.795. The summed E-state index contributed by atoms with van der Waals surface area (Å²) >= 11 is 0. The van der Waals surface area contributed by atoms with Crippen molar-refractivity contribution in [3.8, 4) is 11.5 Å². The number of methoxy groups -OCH3 is 1. The van der Waals surface area contributed by atoms with Crippen molar-refractivity contribution in [3.63, 3.8) is 0 Å². The van der Waals surface area contributed by atoms with E-state index in [-0.39, 0.29) is 11.7 Å². The van der Waals surface area contributed by atoms with Gasteiger partial charge in [-0.1, -0.05) is 12.1 Å². The first-order valence-electron chi connectivity index (χ1n) is 7.00. The Morgan fingerprint density at radius 2 is 1.77 bits per heavy atom. The monoisotopic (exact) mass is 303 g/mol. The highest BCUT2D eigenvalue weighted by Crippen LogP contribution is 2.25. The molecule has 0 heterocycles. The topological polar surface area (TPSA) is 47.6 Å². The number of para-hydroxylation sites is 2. The first kappa shape index (κ1) is 15.8. The summed E-state index contributed by atoms with van der Waals surface area (Å²) in [5, 5.41) is 2.70. The highest BCUT2D eigenvalue weighted by molar-refractivity contribution is 5.90. The fraction of sp³-hybridized carbons (Fsp3) is 0.235. The molecule has 0 spiro atoms. The number of hydrogen-bond donors (Lipinski definition) is 1. The average molecular weight is 303 g/mol. The van der Waals surface area contributed by atoms with Gasteiger partial charge in [0.05, 0.1) is 13.7 Å². The van der Waals surface area contributed by atoms with E-state index in [0.717, 1.165) is 0 Å². The van der Waals surface area contributed by atoms with Gasteiger partial charge in [-0.3, -0.25) is 4.79 Å². The summed E-state index contributed by atoms with van der Waals surface area (Å²) in [6.07, 6.45) is 0.900. The highest BCUT2D eigenvalue weighted by atomic mass is 19.1. The van der Waals surface area contributed by atoms with Crippen LogP contribution in [-0.4, -0.2) is 19.6 Å². The number of benzene rings is 2. The fourth-order valence-electron chi connectivity index (χ4n) is 1.91. The lowest BCUT2D eigenvalue weighted by molar-refractivity contribution is -0.116. The van der Waals surface area contributed by atoms with E-state index in [1.807, 2.05) is 24.3 Å². The van der Waals surface area contributed by atoms with Crippen LogP contribution in [-0.2, 0) is 4.79 Å². The lowest BCUT2D eigenvalue weighted by Crippen LogP contribution is -2.12. The van der Waals surface area contributed by atoms with Gasteiger partial charge in [-0.15, -0.1) is 0 Å². The first-order valence-corrected chi connectivity index (χ1v) is 7.00. The van der Waals surface area contributed by atoms with Gasteiger partial charge in [0.1, 0.15) is 5.82 Å². The number of carbonyl (C=O) groups excluding carboxylic acids is 1. The molecule has 2 aromatic carbocycles. The van der Waals surface area contributed by atoms with Gasteiger partial charge in [0, 0.05) is 12.1 Å². The molecule has 2 rings (SSSR count). The minimum absolute atomic E-state index is 0.129. The van der Waals surface area contributed by atoms with Crippen molar-refractivity contribution in [3.05, 3.63) is 54.3 Å². The van der Waals surface area contributed by atoms with Crippen molar-refractivity contribution in [2.75, 3.05) is 19.0 Å². The Labute approximate surface area is 128 Å². The van der Waals surface area contributed by atoms with Crippen molar-refractivity contribution < 1.29 is 18.7 Å². The zero-order chi connectivity index (χ0) is 15.8. The Morgan fingerprint density at radius 3 is 2.45 bits per heavy atom. The number of rotatable bonds is 7.